The summed E-state index contributed by atoms with van der Waals surface area (Å²) in [6, 6.07) is 11.3. The summed E-state index contributed by atoms with van der Waals surface area (Å²) in [5.41, 5.74) is 3.93. The van der Waals surface area contributed by atoms with E-state index in [-0.39, 0.29) is 18.4 Å². The lowest BCUT2D eigenvalue weighted by Crippen LogP contribution is -2.15. The van der Waals surface area contributed by atoms with Gasteiger partial charge in [-0.1, -0.05) is 17.7 Å². The van der Waals surface area contributed by atoms with Crippen molar-refractivity contribution in [3.63, 3.8) is 0 Å². The Morgan fingerprint density at radius 2 is 1.85 bits per heavy atom. The number of aromatic nitrogens is 2. The predicted octanol–water partition coefficient (Wildman–Crippen LogP) is 3.82. The van der Waals surface area contributed by atoms with Gasteiger partial charge in [0, 0.05) is 17.4 Å². The molecule has 0 aliphatic carbocycles. The van der Waals surface area contributed by atoms with Crippen LogP contribution >= 0.6 is 0 Å². The minimum absolute atomic E-state index is 0.225. The molecule has 0 radical (unpaired) electrons. The number of carbonyl (C=O) groups is 1. The zero-order valence-electron chi connectivity index (χ0n) is 14.9. The van der Waals surface area contributed by atoms with Gasteiger partial charge in [0.1, 0.15) is 11.5 Å². The van der Waals surface area contributed by atoms with E-state index >= 15 is 0 Å². The van der Waals surface area contributed by atoms with E-state index in [0.717, 1.165) is 22.5 Å². The standard InChI is InChI=1S/C20H18N4O3/c1-12-3-5-15(13(2)7-12)24-20(25)16-9-22-19(10-21-16)23-14-4-6-17-18(8-14)27-11-26-17/h3-10H,11H2,1-2H3,(H,22,23)(H,24,25). The Bertz CT molecular complexity index is 1000. The van der Waals surface area contributed by atoms with Crippen LogP contribution < -0.4 is 20.1 Å². The van der Waals surface area contributed by atoms with E-state index in [1.807, 2.05) is 50.2 Å². The summed E-state index contributed by atoms with van der Waals surface area (Å²) < 4.78 is 10.6. The van der Waals surface area contributed by atoms with Crippen LogP contribution in [0.5, 0.6) is 11.5 Å². The van der Waals surface area contributed by atoms with E-state index in [1.165, 1.54) is 12.4 Å². The molecule has 3 aromatic rings. The van der Waals surface area contributed by atoms with Crippen molar-refractivity contribution in [2.24, 2.45) is 0 Å². The van der Waals surface area contributed by atoms with Crippen molar-refractivity contribution in [2.45, 2.75) is 13.8 Å². The van der Waals surface area contributed by atoms with Crippen LogP contribution in [0.3, 0.4) is 0 Å². The molecule has 2 heterocycles. The van der Waals surface area contributed by atoms with Gasteiger partial charge in [-0.15, -0.1) is 0 Å². The molecule has 0 fully saturated rings. The molecule has 2 aromatic carbocycles. The fourth-order valence-electron chi connectivity index (χ4n) is 2.77. The Kier molecular flexibility index (Phi) is 4.33. The molecule has 0 spiro atoms. The molecule has 27 heavy (non-hydrogen) atoms. The number of nitrogens with zero attached hydrogens (tertiary/aromatic N) is 2. The molecule has 0 saturated heterocycles. The molecule has 4 rings (SSSR count). The van der Waals surface area contributed by atoms with Gasteiger partial charge in [0.15, 0.2) is 11.5 Å². The van der Waals surface area contributed by atoms with Gasteiger partial charge < -0.3 is 20.1 Å². The Morgan fingerprint density at radius 1 is 1.00 bits per heavy atom. The van der Waals surface area contributed by atoms with Crippen molar-refractivity contribution in [3.05, 3.63) is 65.6 Å². The van der Waals surface area contributed by atoms with Crippen LogP contribution in [0.1, 0.15) is 21.6 Å². The van der Waals surface area contributed by atoms with E-state index in [2.05, 4.69) is 20.6 Å². The second-order valence-electron chi connectivity index (χ2n) is 6.25. The fraction of sp³-hybridized carbons (Fsp3) is 0.150. The first-order chi connectivity index (χ1) is 13.1. The van der Waals surface area contributed by atoms with Gasteiger partial charge in [-0.25, -0.2) is 9.97 Å². The molecule has 1 aliphatic heterocycles. The molecular formula is C20H18N4O3. The van der Waals surface area contributed by atoms with Gasteiger partial charge in [0.2, 0.25) is 6.79 Å². The first-order valence-electron chi connectivity index (χ1n) is 8.46. The quantitative estimate of drug-likeness (QED) is 0.734. The number of rotatable bonds is 4. The van der Waals surface area contributed by atoms with Crippen molar-refractivity contribution in [1.82, 2.24) is 9.97 Å². The largest absolute Gasteiger partial charge is 0.454 e. The predicted molar refractivity (Wildman–Crippen MR) is 102 cm³/mol. The Balaban J connectivity index is 1.44. The first-order valence-corrected chi connectivity index (χ1v) is 8.46. The molecule has 0 unspecified atom stereocenters. The number of nitrogens with one attached hydrogen (secondary N) is 2. The highest BCUT2D eigenvalue weighted by Crippen LogP contribution is 2.34. The minimum atomic E-state index is -0.302. The zero-order valence-corrected chi connectivity index (χ0v) is 14.9. The summed E-state index contributed by atoms with van der Waals surface area (Å²) in [6.07, 6.45) is 2.95. The second-order valence-corrected chi connectivity index (χ2v) is 6.25. The molecule has 7 heteroatoms. The third kappa shape index (κ3) is 3.67. The number of carbonyl (C=O) groups excluding carboxylic acids is 1. The number of amides is 1. The monoisotopic (exact) mass is 362 g/mol. The number of anilines is 3. The smallest absolute Gasteiger partial charge is 0.275 e. The summed E-state index contributed by atoms with van der Waals surface area (Å²) in [7, 11) is 0. The van der Waals surface area contributed by atoms with Gasteiger partial charge in [-0.05, 0) is 37.6 Å². The Labute approximate surface area is 156 Å². The molecule has 7 nitrogen and oxygen atoms in total. The molecule has 0 bridgehead atoms. The number of benzene rings is 2. The van der Waals surface area contributed by atoms with Crippen LogP contribution in [-0.2, 0) is 0 Å². The molecule has 1 aliphatic rings. The summed E-state index contributed by atoms with van der Waals surface area (Å²) in [5, 5.41) is 5.98. The van der Waals surface area contributed by atoms with Gasteiger partial charge in [0.05, 0.1) is 12.4 Å². The van der Waals surface area contributed by atoms with Crippen LogP contribution in [0.25, 0.3) is 0 Å². The third-order valence-electron chi connectivity index (χ3n) is 4.16. The van der Waals surface area contributed by atoms with E-state index in [9.17, 15) is 4.79 Å². The average Bonchev–Trinajstić information content (AvgIpc) is 3.12. The summed E-state index contributed by atoms with van der Waals surface area (Å²) in [4.78, 5) is 20.8. The topological polar surface area (TPSA) is 85.4 Å². The molecule has 2 N–H and O–H groups in total. The van der Waals surface area contributed by atoms with Gasteiger partial charge in [-0.2, -0.15) is 0 Å². The van der Waals surface area contributed by atoms with Gasteiger partial charge >= 0.3 is 0 Å². The lowest BCUT2D eigenvalue weighted by molar-refractivity contribution is 0.102. The third-order valence-corrected chi connectivity index (χ3v) is 4.16. The highest BCUT2D eigenvalue weighted by atomic mass is 16.7. The fourth-order valence-corrected chi connectivity index (χ4v) is 2.77. The Morgan fingerprint density at radius 3 is 2.63 bits per heavy atom. The lowest BCUT2D eigenvalue weighted by atomic mass is 10.1. The van der Waals surface area contributed by atoms with Crippen LogP contribution in [0.15, 0.2) is 48.8 Å². The maximum atomic E-state index is 12.4. The Hall–Kier alpha value is -3.61. The number of hydrogen-bond donors (Lipinski definition) is 2. The molecule has 1 amide bonds. The number of fused-ring (bicyclic) bond motifs is 1. The maximum Gasteiger partial charge on any atom is 0.275 e. The highest BCUT2D eigenvalue weighted by molar-refractivity contribution is 6.03. The number of hydrogen-bond acceptors (Lipinski definition) is 6. The maximum absolute atomic E-state index is 12.4. The summed E-state index contributed by atoms with van der Waals surface area (Å²) >= 11 is 0. The van der Waals surface area contributed by atoms with Crippen molar-refractivity contribution in [3.8, 4) is 11.5 Å². The second kappa shape index (κ2) is 6.95. The van der Waals surface area contributed by atoms with E-state index in [0.29, 0.717) is 17.3 Å². The van der Waals surface area contributed by atoms with Crippen molar-refractivity contribution in [1.29, 1.82) is 0 Å². The number of ether oxygens (including phenoxy) is 2. The van der Waals surface area contributed by atoms with Crippen LogP contribution in [0.4, 0.5) is 17.2 Å². The van der Waals surface area contributed by atoms with Crippen molar-refractivity contribution in [2.75, 3.05) is 17.4 Å². The van der Waals surface area contributed by atoms with E-state index in [1.54, 1.807) is 0 Å². The lowest BCUT2D eigenvalue weighted by Gasteiger charge is -2.09. The SMILES string of the molecule is Cc1ccc(NC(=O)c2cnc(Nc3ccc4c(c3)OCO4)cn2)c(C)c1. The van der Waals surface area contributed by atoms with Crippen molar-refractivity contribution < 1.29 is 14.3 Å². The van der Waals surface area contributed by atoms with Crippen LogP contribution in [0, 0.1) is 13.8 Å². The first kappa shape index (κ1) is 16.8. The highest BCUT2D eigenvalue weighted by Gasteiger charge is 2.14. The normalized spacial score (nSPS) is 11.9. The molecule has 0 atom stereocenters. The van der Waals surface area contributed by atoms with Crippen molar-refractivity contribution >= 4 is 23.1 Å². The summed E-state index contributed by atoms with van der Waals surface area (Å²) in [5.74, 6) is 1.61. The summed E-state index contributed by atoms with van der Waals surface area (Å²) in [6.45, 7) is 4.19. The van der Waals surface area contributed by atoms with Gasteiger partial charge in [-0.3, -0.25) is 4.79 Å². The minimum Gasteiger partial charge on any atom is -0.454 e. The van der Waals surface area contributed by atoms with Crippen LogP contribution in [-0.4, -0.2) is 22.7 Å². The molecular weight excluding hydrogens is 344 g/mol. The van der Waals surface area contributed by atoms with E-state index in [4.69, 9.17) is 9.47 Å². The average molecular weight is 362 g/mol. The van der Waals surface area contributed by atoms with Crippen LogP contribution in [0.2, 0.25) is 0 Å². The zero-order chi connectivity index (χ0) is 18.8. The molecule has 0 saturated carbocycles. The van der Waals surface area contributed by atoms with E-state index < -0.39 is 0 Å². The molecule has 1 aromatic heterocycles. The number of aryl methyl sites for hydroxylation is 2. The van der Waals surface area contributed by atoms with Gasteiger partial charge in [0.25, 0.3) is 5.91 Å². The molecule has 136 valence electrons.